The zero-order chi connectivity index (χ0) is 33.1. The molecule has 0 bridgehead atoms. The standard InChI is InChI=1S/C18H19N3O4.2C8H8O2/c1-10-3-5-12(6-4-10)18(22)23-9-13-7-11(2)17(24-13)16-15(20)14(8-19)25-21-16;2*1-6-2-4-7(5-3-6)8(9)10/h3-6,11,13,17H,7,9,20H2,1-2H3;2*2-5H,1H3,(H,9,10)/t11-,13-,17+;;/m0../s1. The van der Waals surface area contributed by atoms with E-state index in [0.29, 0.717) is 28.8 Å². The number of nitrogen functional groups attached to an aromatic ring is 1. The highest BCUT2D eigenvalue weighted by Gasteiger charge is 2.37. The average molecular weight is 614 g/mol. The van der Waals surface area contributed by atoms with Crippen LogP contribution in [0.25, 0.3) is 0 Å². The highest BCUT2D eigenvalue weighted by Crippen LogP contribution is 2.40. The number of nitriles is 1. The third-order valence-corrected chi connectivity index (χ3v) is 6.90. The van der Waals surface area contributed by atoms with Crippen molar-refractivity contribution < 1.29 is 38.6 Å². The van der Waals surface area contributed by atoms with Crippen molar-refractivity contribution in [2.45, 2.75) is 46.3 Å². The molecule has 1 aromatic heterocycles. The molecule has 0 unspecified atom stereocenters. The first-order valence-corrected chi connectivity index (χ1v) is 14.0. The Bertz CT molecular complexity index is 1580. The number of hydrogen-bond acceptors (Lipinski definition) is 9. The maximum Gasteiger partial charge on any atom is 0.338 e. The van der Waals surface area contributed by atoms with E-state index in [9.17, 15) is 14.4 Å². The quantitative estimate of drug-likeness (QED) is 0.212. The molecule has 0 aliphatic carbocycles. The summed E-state index contributed by atoms with van der Waals surface area (Å²) in [7, 11) is 0. The number of carbonyl (C=O) groups excluding carboxylic acids is 1. The maximum atomic E-state index is 12.1. The van der Waals surface area contributed by atoms with Gasteiger partial charge in [-0.05, 0) is 69.5 Å². The Hall–Kier alpha value is -5.47. The first-order chi connectivity index (χ1) is 21.4. The van der Waals surface area contributed by atoms with Gasteiger partial charge in [0, 0.05) is 0 Å². The molecule has 3 atom stereocenters. The molecule has 5 rings (SSSR count). The Morgan fingerprint density at radius 2 is 1.31 bits per heavy atom. The number of benzene rings is 3. The summed E-state index contributed by atoms with van der Waals surface area (Å²) >= 11 is 0. The fourth-order valence-electron chi connectivity index (χ4n) is 4.31. The number of carbonyl (C=O) groups is 3. The second-order valence-corrected chi connectivity index (χ2v) is 10.6. The third kappa shape index (κ3) is 9.77. The smallest absolute Gasteiger partial charge is 0.338 e. The molecule has 0 amide bonds. The van der Waals surface area contributed by atoms with Crippen LogP contribution in [-0.4, -0.2) is 46.0 Å². The van der Waals surface area contributed by atoms with Crippen LogP contribution in [0.5, 0.6) is 0 Å². The van der Waals surface area contributed by atoms with Gasteiger partial charge in [0.15, 0.2) is 0 Å². The molecule has 2 heterocycles. The number of aryl methyl sites for hydroxylation is 3. The molecule has 1 aliphatic heterocycles. The molecular formula is C34H35N3O8. The summed E-state index contributed by atoms with van der Waals surface area (Å²) in [4.78, 5) is 32.7. The predicted octanol–water partition coefficient (Wildman–Crippen LogP) is 6.15. The van der Waals surface area contributed by atoms with Crippen molar-refractivity contribution in [1.29, 1.82) is 5.26 Å². The molecule has 1 aliphatic rings. The lowest BCUT2D eigenvalue weighted by atomic mass is 9.99. The van der Waals surface area contributed by atoms with Gasteiger partial charge in [-0.1, -0.05) is 65.2 Å². The van der Waals surface area contributed by atoms with Crippen molar-refractivity contribution in [2.75, 3.05) is 12.3 Å². The van der Waals surface area contributed by atoms with E-state index in [-0.39, 0.29) is 42.1 Å². The van der Waals surface area contributed by atoms with Crippen LogP contribution in [0.3, 0.4) is 0 Å². The van der Waals surface area contributed by atoms with Crippen LogP contribution in [0.2, 0.25) is 0 Å². The summed E-state index contributed by atoms with van der Waals surface area (Å²) in [5.41, 5.74) is 10.9. The van der Waals surface area contributed by atoms with E-state index >= 15 is 0 Å². The van der Waals surface area contributed by atoms with Gasteiger partial charge >= 0.3 is 17.9 Å². The van der Waals surface area contributed by atoms with Crippen LogP contribution in [0.15, 0.2) is 77.3 Å². The molecule has 4 N–H and O–H groups in total. The second-order valence-electron chi connectivity index (χ2n) is 10.6. The number of hydrogen-bond donors (Lipinski definition) is 3. The summed E-state index contributed by atoms with van der Waals surface area (Å²) in [6.07, 6.45) is 0.0602. The number of nitrogens with zero attached hydrogens (tertiary/aromatic N) is 2. The van der Waals surface area contributed by atoms with Gasteiger partial charge in [-0.3, -0.25) is 0 Å². The van der Waals surface area contributed by atoms with Crippen molar-refractivity contribution in [3.8, 4) is 6.07 Å². The molecule has 234 valence electrons. The normalized spacial score (nSPS) is 16.6. The monoisotopic (exact) mass is 613 g/mol. The zero-order valence-electron chi connectivity index (χ0n) is 25.4. The van der Waals surface area contributed by atoms with E-state index < -0.39 is 11.9 Å². The van der Waals surface area contributed by atoms with Crippen LogP contribution in [0.4, 0.5) is 5.69 Å². The van der Waals surface area contributed by atoms with Gasteiger partial charge in [-0.2, -0.15) is 5.26 Å². The number of aromatic carboxylic acids is 2. The van der Waals surface area contributed by atoms with E-state index in [0.717, 1.165) is 16.7 Å². The van der Waals surface area contributed by atoms with Crippen molar-refractivity contribution in [2.24, 2.45) is 5.92 Å². The van der Waals surface area contributed by atoms with E-state index in [4.69, 9.17) is 35.2 Å². The SMILES string of the molecule is Cc1ccc(C(=O)O)cc1.Cc1ccc(C(=O)O)cc1.Cc1ccc(C(=O)OC[C@@H]2C[C@H](C)[C@H](c3noc(C#N)c3N)O2)cc1. The fraction of sp³-hybridized carbons (Fsp3) is 0.265. The van der Waals surface area contributed by atoms with E-state index in [1.807, 2.05) is 45.9 Å². The Morgan fingerprint density at radius 1 is 0.867 bits per heavy atom. The summed E-state index contributed by atoms with van der Waals surface area (Å²) in [6.45, 7) is 7.94. The molecule has 0 saturated carbocycles. The van der Waals surface area contributed by atoms with Gasteiger partial charge in [0.25, 0.3) is 5.76 Å². The largest absolute Gasteiger partial charge is 0.478 e. The molecule has 0 spiro atoms. The lowest BCUT2D eigenvalue weighted by molar-refractivity contribution is -0.0134. The zero-order valence-corrected chi connectivity index (χ0v) is 25.4. The van der Waals surface area contributed by atoms with Crippen molar-refractivity contribution >= 4 is 23.6 Å². The van der Waals surface area contributed by atoms with Crippen LogP contribution in [-0.2, 0) is 9.47 Å². The summed E-state index contributed by atoms with van der Waals surface area (Å²) in [5.74, 6) is -2.03. The lowest BCUT2D eigenvalue weighted by Crippen LogP contribution is -2.18. The molecule has 4 aromatic rings. The minimum absolute atomic E-state index is 0.0138. The van der Waals surface area contributed by atoms with Crippen molar-refractivity contribution in [3.05, 3.63) is 118 Å². The summed E-state index contributed by atoms with van der Waals surface area (Å²) in [5, 5.41) is 29.7. The lowest BCUT2D eigenvalue weighted by Gasteiger charge is -2.13. The van der Waals surface area contributed by atoms with Gasteiger partial charge in [-0.25, -0.2) is 14.4 Å². The Kier molecular flexibility index (Phi) is 12.0. The van der Waals surface area contributed by atoms with Crippen LogP contribution in [0, 0.1) is 38.0 Å². The van der Waals surface area contributed by atoms with Crippen molar-refractivity contribution in [1.82, 2.24) is 5.16 Å². The van der Waals surface area contributed by atoms with Gasteiger partial charge < -0.3 is 29.9 Å². The van der Waals surface area contributed by atoms with Gasteiger partial charge in [-0.15, -0.1) is 0 Å². The Labute approximate surface area is 260 Å². The molecule has 3 aromatic carbocycles. The van der Waals surface area contributed by atoms with Crippen LogP contribution >= 0.6 is 0 Å². The Morgan fingerprint density at radius 3 is 1.71 bits per heavy atom. The molecule has 45 heavy (non-hydrogen) atoms. The average Bonchev–Trinajstić information content (AvgIpc) is 3.58. The number of carboxylic acids is 2. The molecule has 11 heteroatoms. The third-order valence-electron chi connectivity index (χ3n) is 6.90. The second kappa shape index (κ2) is 15.8. The van der Waals surface area contributed by atoms with E-state index in [1.165, 1.54) is 0 Å². The number of aromatic nitrogens is 1. The molecular weight excluding hydrogens is 578 g/mol. The predicted molar refractivity (Wildman–Crippen MR) is 165 cm³/mol. The maximum absolute atomic E-state index is 12.1. The molecule has 0 radical (unpaired) electrons. The van der Waals surface area contributed by atoms with Gasteiger partial charge in [0.05, 0.1) is 22.8 Å². The minimum Gasteiger partial charge on any atom is -0.478 e. The Balaban J connectivity index is 0.000000226. The highest BCUT2D eigenvalue weighted by atomic mass is 16.6. The van der Waals surface area contributed by atoms with E-state index in [2.05, 4.69) is 5.16 Å². The highest BCUT2D eigenvalue weighted by molar-refractivity contribution is 5.89. The number of rotatable bonds is 6. The fourth-order valence-corrected chi connectivity index (χ4v) is 4.31. The van der Waals surface area contributed by atoms with Gasteiger partial charge in [0.2, 0.25) is 0 Å². The van der Waals surface area contributed by atoms with Crippen LogP contribution < -0.4 is 5.73 Å². The number of ether oxygens (including phenoxy) is 2. The number of nitrogens with two attached hydrogens (primary N) is 1. The van der Waals surface area contributed by atoms with Gasteiger partial charge in [0.1, 0.15) is 30.2 Å². The first kappa shape index (κ1) is 34.0. The molecule has 11 nitrogen and oxygen atoms in total. The first-order valence-electron chi connectivity index (χ1n) is 14.0. The topological polar surface area (TPSA) is 186 Å². The summed E-state index contributed by atoms with van der Waals surface area (Å²) < 4.78 is 16.2. The van der Waals surface area contributed by atoms with E-state index in [1.54, 1.807) is 60.7 Å². The number of carboxylic acid groups (broad SMARTS) is 2. The van der Waals surface area contributed by atoms with Crippen LogP contribution in [0.1, 0.15) is 78.7 Å². The molecule has 1 saturated heterocycles. The molecule has 1 fully saturated rings. The van der Waals surface area contributed by atoms with Crippen molar-refractivity contribution in [3.63, 3.8) is 0 Å². The minimum atomic E-state index is -0.875. The number of anilines is 1. The summed E-state index contributed by atoms with van der Waals surface area (Å²) in [6, 6.07) is 22.5. The number of esters is 1.